The van der Waals surface area contributed by atoms with E-state index in [9.17, 15) is 18.0 Å². The third-order valence-corrected chi connectivity index (χ3v) is 5.79. The van der Waals surface area contributed by atoms with Gasteiger partial charge in [0, 0.05) is 37.6 Å². The number of anilines is 3. The van der Waals surface area contributed by atoms with Crippen LogP contribution in [-0.2, 0) is 24.1 Å². The van der Waals surface area contributed by atoms with Gasteiger partial charge in [0.2, 0.25) is 5.91 Å². The van der Waals surface area contributed by atoms with Crippen molar-refractivity contribution in [2.24, 2.45) is 5.92 Å². The molecular weight excluding hydrogens is 447 g/mol. The Morgan fingerprint density at radius 1 is 1.29 bits per heavy atom. The number of hydrogen-bond donors (Lipinski definition) is 2. The minimum absolute atomic E-state index is 0.0513. The van der Waals surface area contributed by atoms with Gasteiger partial charge in [-0.1, -0.05) is 13.8 Å². The number of pyridine rings is 2. The standard InChI is InChI=1S/C23H26F3N7O/c1-13(2)21-22(34)31-20-14(3)30-19(8-18(20)32(21)4)28-9-15-10-29-33(11-15)12-17-16(23(24,25)26)6-5-7-27-17/h5-8,10-11,13,21H,9,12H2,1-4H3,(H,28,30)(H,31,34). The van der Waals surface area contributed by atoms with Crippen LogP contribution in [-0.4, -0.2) is 38.7 Å². The van der Waals surface area contributed by atoms with Crippen molar-refractivity contribution in [3.63, 3.8) is 0 Å². The minimum atomic E-state index is -4.47. The van der Waals surface area contributed by atoms with Crippen LogP contribution in [0.25, 0.3) is 0 Å². The van der Waals surface area contributed by atoms with E-state index in [1.807, 2.05) is 38.8 Å². The van der Waals surface area contributed by atoms with Crippen molar-refractivity contribution in [2.45, 2.75) is 46.1 Å². The predicted octanol–water partition coefficient (Wildman–Crippen LogP) is 4.07. The molecule has 0 saturated heterocycles. The highest BCUT2D eigenvalue weighted by Gasteiger charge is 2.35. The van der Waals surface area contributed by atoms with E-state index in [1.165, 1.54) is 16.9 Å². The predicted molar refractivity (Wildman–Crippen MR) is 123 cm³/mol. The van der Waals surface area contributed by atoms with Crippen molar-refractivity contribution in [1.29, 1.82) is 0 Å². The summed E-state index contributed by atoms with van der Waals surface area (Å²) >= 11 is 0. The average Bonchev–Trinajstić information content (AvgIpc) is 3.20. The van der Waals surface area contributed by atoms with Crippen LogP contribution in [0.4, 0.5) is 30.4 Å². The highest BCUT2D eigenvalue weighted by atomic mass is 19.4. The molecular formula is C23H26F3N7O. The van der Waals surface area contributed by atoms with Crippen LogP contribution in [0, 0.1) is 12.8 Å². The number of likely N-dealkylation sites (N-methyl/N-ethyl adjacent to an activating group) is 1. The Balaban J connectivity index is 1.48. The lowest BCUT2D eigenvalue weighted by molar-refractivity contribution is -0.138. The fourth-order valence-electron chi connectivity index (χ4n) is 4.20. The molecule has 3 aromatic heterocycles. The third-order valence-electron chi connectivity index (χ3n) is 5.79. The molecule has 180 valence electrons. The molecule has 0 aliphatic carbocycles. The number of amides is 1. The highest BCUT2D eigenvalue weighted by molar-refractivity contribution is 6.04. The molecule has 0 bridgehead atoms. The summed E-state index contributed by atoms with van der Waals surface area (Å²) in [5.41, 5.74) is 2.18. The van der Waals surface area contributed by atoms with Crippen LogP contribution >= 0.6 is 0 Å². The fraction of sp³-hybridized carbons (Fsp3) is 0.391. The maximum Gasteiger partial charge on any atom is 0.418 e. The molecule has 1 aliphatic rings. The SMILES string of the molecule is Cc1nc(NCc2cnn(Cc3ncccc3C(F)(F)F)c2)cc2c1NC(=O)C(C(C)C)N2C. The normalized spacial score (nSPS) is 15.9. The van der Waals surface area contributed by atoms with Gasteiger partial charge in [0.15, 0.2) is 0 Å². The molecule has 0 fully saturated rings. The van der Waals surface area contributed by atoms with Gasteiger partial charge in [-0.15, -0.1) is 0 Å². The number of nitrogens with one attached hydrogen (secondary N) is 2. The van der Waals surface area contributed by atoms with Crippen LogP contribution in [0.15, 0.2) is 36.8 Å². The van der Waals surface area contributed by atoms with Crippen molar-refractivity contribution in [2.75, 3.05) is 22.6 Å². The lowest BCUT2D eigenvalue weighted by Crippen LogP contribution is -2.49. The largest absolute Gasteiger partial charge is 0.418 e. The number of fused-ring (bicyclic) bond motifs is 1. The van der Waals surface area contributed by atoms with Crippen molar-refractivity contribution in [3.05, 3.63) is 59.3 Å². The molecule has 1 amide bonds. The summed E-state index contributed by atoms with van der Waals surface area (Å²) in [5.74, 6) is 0.703. The summed E-state index contributed by atoms with van der Waals surface area (Å²) in [6.07, 6.45) is 0.131. The van der Waals surface area contributed by atoms with E-state index in [0.29, 0.717) is 23.7 Å². The van der Waals surface area contributed by atoms with Crippen LogP contribution in [0.2, 0.25) is 0 Å². The Labute approximate surface area is 195 Å². The fourth-order valence-corrected chi connectivity index (χ4v) is 4.20. The molecule has 34 heavy (non-hydrogen) atoms. The molecule has 0 saturated carbocycles. The van der Waals surface area contributed by atoms with E-state index in [-0.39, 0.29) is 30.1 Å². The van der Waals surface area contributed by atoms with Gasteiger partial charge in [-0.25, -0.2) is 4.98 Å². The van der Waals surface area contributed by atoms with E-state index >= 15 is 0 Å². The number of alkyl halides is 3. The first-order chi connectivity index (χ1) is 16.0. The average molecular weight is 474 g/mol. The summed E-state index contributed by atoms with van der Waals surface area (Å²) in [7, 11) is 1.89. The lowest BCUT2D eigenvalue weighted by Gasteiger charge is -2.38. The zero-order chi connectivity index (χ0) is 24.6. The highest BCUT2D eigenvalue weighted by Crippen LogP contribution is 2.36. The number of carbonyl (C=O) groups is 1. The molecule has 4 heterocycles. The molecule has 1 unspecified atom stereocenters. The van der Waals surface area contributed by atoms with E-state index in [1.54, 1.807) is 12.4 Å². The second-order valence-electron chi connectivity index (χ2n) is 8.67. The third kappa shape index (κ3) is 4.68. The number of nitrogens with zero attached hydrogens (tertiary/aromatic N) is 5. The Bertz CT molecular complexity index is 1210. The molecule has 0 aromatic carbocycles. The van der Waals surface area contributed by atoms with Crippen LogP contribution < -0.4 is 15.5 Å². The van der Waals surface area contributed by atoms with Crippen LogP contribution in [0.5, 0.6) is 0 Å². The number of rotatable bonds is 6. The van der Waals surface area contributed by atoms with Gasteiger partial charge in [-0.3, -0.25) is 14.5 Å². The Hall–Kier alpha value is -3.63. The first kappa shape index (κ1) is 23.5. The number of aryl methyl sites for hydroxylation is 1. The molecule has 3 aromatic rings. The zero-order valence-corrected chi connectivity index (χ0v) is 19.3. The maximum absolute atomic E-state index is 13.2. The lowest BCUT2D eigenvalue weighted by atomic mass is 9.98. The van der Waals surface area contributed by atoms with Gasteiger partial charge in [0.05, 0.1) is 41.1 Å². The molecule has 0 radical (unpaired) electrons. The summed E-state index contributed by atoms with van der Waals surface area (Å²) < 4.78 is 41.1. The quantitative estimate of drug-likeness (QED) is 0.561. The first-order valence-electron chi connectivity index (χ1n) is 10.9. The molecule has 1 atom stereocenters. The van der Waals surface area contributed by atoms with Crippen molar-refractivity contribution in [3.8, 4) is 0 Å². The van der Waals surface area contributed by atoms with Crippen LogP contribution in [0.3, 0.4) is 0 Å². The van der Waals surface area contributed by atoms with Gasteiger partial charge < -0.3 is 15.5 Å². The molecule has 4 rings (SSSR count). The molecule has 8 nitrogen and oxygen atoms in total. The van der Waals surface area contributed by atoms with Crippen molar-refractivity contribution >= 4 is 23.1 Å². The topological polar surface area (TPSA) is 88.0 Å². The summed E-state index contributed by atoms with van der Waals surface area (Å²) in [5, 5.41) is 10.4. The molecule has 0 spiro atoms. The van der Waals surface area contributed by atoms with Crippen molar-refractivity contribution in [1.82, 2.24) is 19.7 Å². The zero-order valence-electron chi connectivity index (χ0n) is 19.3. The van der Waals surface area contributed by atoms with Gasteiger partial charge in [0.25, 0.3) is 0 Å². The molecule has 11 heteroatoms. The number of aromatic nitrogens is 4. The van der Waals surface area contributed by atoms with Gasteiger partial charge in [-0.2, -0.15) is 18.3 Å². The van der Waals surface area contributed by atoms with Gasteiger partial charge in [0.1, 0.15) is 11.9 Å². The van der Waals surface area contributed by atoms with Crippen LogP contribution in [0.1, 0.15) is 36.4 Å². The number of halogens is 3. The number of carbonyl (C=O) groups excluding carboxylic acids is 1. The maximum atomic E-state index is 13.2. The van der Waals surface area contributed by atoms with Gasteiger partial charge in [-0.05, 0) is 25.0 Å². The Morgan fingerprint density at radius 2 is 2.06 bits per heavy atom. The Morgan fingerprint density at radius 3 is 2.76 bits per heavy atom. The summed E-state index contributed by atoms with van der Waals surface area (Å²) in [6, 6.07) is 3.88. The second kappa shape index (κ2) is 8.96. The Kier molecular flexibility index (Phi) is 6.20. The second-order valence-corrected chi connectivity index (χ2v) is 8.67. The summed E-state index contributed by atoms with van der Waals surface area (Å²) in [6.45, 7) is 6.12. The van der Waals surface area contributed by atoms with E-state index in [4.69, 9.17) is 0 Å². The monoisotopic (exact) mass is 473 g/mol. The first-order valence-corrected chi connectivity index (χ1v) is 10.9. The van der Waals surface area contributed by atoms with E-state index in [0.717, 1.165) is 17.3 Å². The van der Waals surface area contributed by atoms with Gasteiger partial charge >= 0.3 is 6.18 Å². The summed E-state index contributed by atoms with van der Waals surface area (Å²) in [4.78, 5) is 22.9. The minimum Gasteiger partial charge on any atom is -0.366 e. The smallest absolute Gasteiger partial charge is 0.366 e. The van der Waals surface area contributed by atoms with Crippen molar-refractivity contribution < 1.29 is 18.0 Å². The molecule has 2 N–H and O–H groups in total. The molecule has 1 aliphatic heterocycles. The van der Waals surface area contributed by atoms with E-state index < -0.39 is 11.7 Å². The van der Waals surface area contributed by atoms with E-state index in [2.05, 4.69) is 25.7 Å². The number of hydrogen-bond acceptors (Lipinski definition) is 6.